The molecule has 0 bridgehead atoms. The summed E-state index contributed by atoms with van der Waals surface area (Å²) in [5.41, 5.74) is 4.80. The maximum Gasteiger partial charge on any atom is 0.147 e. The third kappa shape index (κ3) is 3.09. The number of aromatic nitrogens is 2. The molecule has 0 amide bonds. The zero-order valence-corrected chi connectivity index (χ0v) is 11.2. The lowest BCUT2D eigenvalue weighted by atomic mass is 10.0. The van der Waals surface area contributed by atoms with Crippen molar-refractivity contribution in [2.75, 3.05) is 11.2 Å². The Hall–Kier alpha value is -0.810. The van der Waals surface area contributed by atoms with Crippen LogP contribution in [0, 0.1) is 6.92 Å². The molecule has 5 heteroatoms. The number of thioether (sulfide) groups is 1. The summed E-state index contributed by atoms with van der Waals surface area (Å²) in [5, 5.41) is 0. The molecule has 0 saturated heterocycles. The van der Waals surface area contributed by atoms with Crippen LogP contribution in [-0.4, -0.2) is 15.7 Å². The Morgan fingerprint density at radius 1 is 1.38 bits per heavy atom. The van der Waals surface area contributed by atoms with E-state index in [-0.39, 0.29) is 0 Å². The Labute approximate surface area is 101 Å². The maximum atomic E-state index is 5.51. The van der Waals surface area contributed by atoms with Crippen molar-refractivity contribution in [3.63, 3.8) is 0 Å². The minimum absolute atomic E-state index is 0.374. The summed E-state index contributed by atoms with van der Waals surface area (Å²) < 4.78 is 0. The van der Waals surface area contributed by atoms with E-state index in [1.165, 1.54) is 0 Å². The van der Waals surface area contributed by atoms with Gasteiger partial charge in [-0.15, -0.1) is 0 Å². The summed E-state index contributed by atoms with van der Waals surface area (Å²) in [6, 6.07) is 0. The first-order chi connectivity index (χ1) is 7.60. The highest BCUT2D eigenvalue weighted by Crippen LogP contribution is 2.25. The minimum Gasteiger partial charge on any atom is -0.308 e. The second-order valence-corrected chi connectivity index (χ2v) is 5.20. The fraction of sp³-hybridized carbons (Fsp3) is 0.636. The van der Waals surface area contributed by atoms with Crippen molar-refractivity contribution in [1.29, 1.82) is 0 Å². The molecule has 0 aliphatic rings. The Morgan fingerprint density at radius 2 is 2.06 bits per heavy atom. The van der Waals surface area contributed by atoms with Crippen molar-refractivity contribution in [1.82, 2.24) is 9.97 Å². The van der Waals surface area contributed by atoms with Gasteiger partial charge in [0, 0.05) is 11.3 Å². The predicted octanol–water partition coefficient (Wildman–Crippen LogP) is 2.45. The fourth-order valence-electron chi connectivity index (χ4n) is 1.70. The van der Waals surface area contributed by atoms with Crippen LogP contribution in [0.2, 0.25) is 0 Å². The van der Waals surface area contributed by atoms with E-state index in [0.717, 1.165) is 34.4 Å². The standard InChI is InChI=1S/C11H20N4S/c1-5-16-6-9-13-8(4)10(7(2)3)11(14-9)15-12/h7H,5-6,12H2,1-4H3,(H,13,14,15). The van der Waals surface area contributed by atoms with Crippen LogP contribution in [-0.2, 0) is 5.75 Å². The number of anilines is 1. The van der Waals surface area contributed by atoms with Gasteiger partial charge in [-0.3, -0.25) is 0 Å². The van der Waals surface area contributed by atoms with Gasteiger partial charge in [-0.2, -0.15) is 11.8 Å². The molecule has 1 aromatic heterocycles. The highest BCUT2D eigenvalue weighted by molar-refractivity contribution is 7.98. The van der Waals surface area contributed by atoms with Crippen LogP contribution in [0.5, 0.6) is 0 Å². The average molecular weight is 240 g/mol. The third-order valence-corrected chi connectivity index (χ3v) is 3.20. The highest BCUT2D eigenvalue weighted by Gasteiger charge is 2.13. The third-order valence-electron chi connectivity index (χ3n) is 2.33. The molecule has 90 valence electrons. The number of nitrogens with zero attached hydrogens (tertiary/aromatic N) is 2. The Balaban J connectivity index is 3.06. The van der Waals surface area contributed by atoms with Crippen LogP contribution >= 0.6 is 11.8 Å². The lowest BCUT2D eigenvalue weighted by Crippen LogP contribution is -2.15. The van der Waals surface area contributed by atoms with Crippen molar-refractivity contribution in [2.45, 2.75) is 39.4 Å². The summed E-state index contributed by atoms with van der Waals surface area (Å²) in [6.07, 6.45) is 0. The van der Waals surface area contributed by atoms with Crippen molar-refractivity contribution < 1.29 is 0 Å². The highest BCUT2D eigenvalue weighted by atomic mass is 32.2. The first kappa shape index (κ1) is 13.3. The molecular formula is C11H20N4S. The molecule has 1 aromatic rings. The van der Waals surface area contributed by atoms with E-state index in [1.807, 2.05) is 18.7 Å². The molecule has 1 heterocycles. The molecule has 16 heavy (non-hydrogen) atoms. The number of nitrogens with one attached hydrogen (secondary N) is 1. The molecule has 0 unspecified atom stereocenters. The van der Waals surface area contributed by atoms with Gasteiger partial charge in [0.2, 0.25) is 0 Å². The molecule has 4 nitrogen and oxygen atoms in total. The zero-order chi connectivity index (χ0) is 12.1. The SMILES string of the molecule is CCSCc1nc(C)c(C(C)C)c(NN)n1. The van der Waals surface area contributed by atoms with E-state index in [9.17, 15) is 0 Å². The number of nitrogen functional groups attached to an aromatic ring is 1. The van der Waals surface area contributed by atoms with E-state index in [1.54, 1.807) is 0 Å². The Kier molecular flexibility index (Phi) is 5.02. The van der Waals surface area contributed by atoms with Gasteiger partial charge in [-0.25, -0.2) is 15.8 Å². The number of hydrogen-bond acceptors (Lipinski definition) is 5. The van der Waals surface area contributed by atoms with E-state index >= 15 is 0 Å². The van der Waals surface area contributed by atoms with Gasteiger partial charge in [0.05, 0.1) is 5.75 Å². The summed E-state index contributed by atoms with van der Waals surface area (Å²) in [6.45, 7) is 8.38. The van der Waals surface area contributed by atoms with Gasteiger partial charge in [0.1, 0.15) is 11.6 Å². The monoisotopic (exact) mass is 240 g/mol. The normalized spacial score (nSPS) is 10.9. The van der Waals surface area contributed by atoms with E-state index < -0.39 is 0 Å². The van der Waals surface area contributed by atoms with Crippen molar-refractivity contribution in [2.24, 2.45) is 5.84 Å². The van der Waals surface area contributed by atoms with Gasteiger partial charge < -0.3 is 5.43 Å². The van der Waals surface area contributed by atoms with Crippen molar-refractivity contribution in [3.8, 4) is 0 Å². The maximum absolute atomic E-state index is 5.51. The lowest BCUT2D eigenvalue weighted by molar-refractivity contribution is 0.818. The molecule has 0 aliphatic carbocycles. The number of hydrazine groups is 1. The molecule has 0 aliphatic heterocycles. The van der Waals surface area contributed by atoms with Gasteiger partial charge in [-0.05, 0) is 18.6 Å². The van der Waals surface area contributed by atoms with Crippen LogP contribution in [0.25, 0.3) is 0 Å². The molecule has 0 fully saturated rings. The minimum atomic E-state index is 0.374. The number of rotatable bonds is 5. The van der Waals surface area contributed by atoms with Crippen LogP contribution in [0.15, 0.2) is 0 Å². The largest absolute Gasteiger partial charge is 0.308 e. The molecule has 0 atom stereocenters. The lowest BCUT2D eigenvalue weighted by Gasteiger charge is -2.15. The van der Waals surface area contributed by atoms with E-state index in [0.29, 0.717) is 5.92 Å². The molecule has 0 aromatic carbocycles. The van der Waals surface area contributed by atoms with Crippen LogP contribution in [0.1, 0.15) is 43.8 Å². The molecule has 0 saturated carbocycles. The quantitative estimate of drug-likeness (QED) is 0.611. The van der Waals surface area contributed by atoms with Crippen molar-refractivity contribution >= 4 is 17.6 Å². The zero-order valence-electron chi connectivity index (χ0n) is 10.4. The molecule has 3 N–H and O–H groups in total. The fourth-order valence-corrected chi connectivity index (χ4v) is 2.21. The van der Waals surface area contributed by atoms with Gasteiger partial charge in [0.15, 0.2) is 0 Å². The average Bonchev–Trinajstić information content (AvgIpc) is 2.24. The second-order valence-electron chi connectivity index (χ2n) is 3.92. The topological polar surface area (TPSA) is 63.8 Å². The first-order valence-electron chi connectivity index (χ1n) is 5.51. The smallest absolute Gasteiger partial charge is 0.147 e. The van der Waals surface area contributed by atoms with Crippen molar-refractivity contribution in [3.05, 3.63) is 17.1 Å². The Morgan fingerprint density at radius 3 is 2.56 bits per heavy atom. The summed E-state index contributed by atoms with van der Waals surface area (Å²) in [5.74, 6) is 9.40. The molecule has 0 radical (unpaired) electrons. The van der Waals surface area contributed by atoms with Gasteiger partial charge in [0.25, 0.3) is 0 Å². The second kappa shape index (κ2) is 6.06. The van der Waals surface area contributed by atoms with Crippen LogP contribution < -0.4 is 11.3 Å². The summed E-state index contributed by atoms with van der Waals surface area (Å²) >= 11 is 1.81. The Bertz CT molecular complexity index is 352. The van der Waals surface area contributed by atoms with Crippen LogP contribution in [0.3, 0.4) is 0 Å². The van der Waals surface area contributed by atoms with E-state index in [2.05, 4.69) is 36.2 Å². The molecule has 0 spiro atoms. The van der Waals surface area contributed by atoms with Gasteiger partial charge >= 0.3 is 0 Å². The number of aryl methyl sites for hydroxylation is 1. The van der Waals surface area contributed by atoms with Gasteiger partial charge in [-0.1, -0.05) is 20.8 Å². The summed E-state index contributed by atoms with van der Waals surface area (Å²) in [4.78, 5) is 8.96. The molecular weight excluding hydrogens is 220 g/mol. The summed E-state index contributed by atoms with van der Waals surface area (Å²) in [7, 11) is 0. The van der Waals surface area contributed by atoms with Crippen LogP contribution in [0.4, 0.5) is 5.82 Å². The number of hydrogen-bond donors (Lipinski definition) is 2. The predicted molar refractivity (Wildman–Crippen MR) is 70.5 cm³/mol. The van der Waals surface area contributed by atoms with E-state index in [4.69, 9.17) is 5.84 Å². The first-order valence-corrected chi connectivity index (χ1v) is 6.67. The molecule has 1 rings (SSSR count). The number of nitrogens with two attached hydrogens (primary N) is 1.